The summed E-state index contributed by atoms with van der Waals surface area (Å²) in [6, 6.07) is 6.55. The maximum atomic E-state index is 14.7. The highest BCUT2D eigenvalue weighted by Gasteiger charge is 2.37. The van der Waals surface area contributed by atoms with Crippen molar-refractivity contribution in [1.82, 2.24) is 29.9 Å². The molecule has 1 N–H and O–H groups in total. The van der Waals surface area contributed by atoms with Gasteiger partial charge in [0.15, 0.2) is 0 Å². The van der Waals surface area contributed by atoms with E-state index >= 15 is 0 Å². The number of aromatic nitrogens is 5. The third-order valence-corrected chi connectivity index (χ3v) is 6.36. The lowest BCUT2D eigenvalue weighted by Crippen LogP contribution is -2.47. The number of piperidine rings is 1. The van der Waals surface area contributed by atoms with Crippen molar-refractivity contribution in [2.75, 3.05) is 19.6 Å². The molecule has 0 spiro atoms. The Labute approximate surface area is 203 Å². The van der Waals surface area contributed by atoms with E-state index in [9.17, 15) is 22.7 Å². The monoisotopic (exact) mass is 502 g/mol. The Morgan fingerprint density at radius 3 is 2.39 bits per heavy atom. The number of nitrogens with zero attached hydrogens (tertiary/aromatic N) is 6. The topological polar surface area (TPSA) is 93.1 Å². The summed E-state index contributed by atoms with van der Waals surface area (Å²) in [5.74, 6) is -3.28. The second kappa shape index (κ2) is 9.78. The van der Waals surface area contributed by atoms with Crippen molar-refractivity contribution in [2.45, 2.75) is 30.9 Å². The zero-order valence-electron chi connectivity index (χ0n) is 19.0. The molecule has 1 saturated heterocycles. The van der Waals surface area contributed by atoms with Crippen LogP contribution in [0, 0.1) is 23.3 Å². The fraction of sp³-hybridized carbons (Fsp3) is 0.333. The smallest absolute Gasteiger partial charge is 0.253 e. The van der Waals surface area contributed by atoms with Crippen molar-refractivity contribution < 1.29 is 27.1 Å². The van der Waals surface area contributed by atoms with Gasteiger partial charge in [-0.2, -0.15) is 5.10 Å². The molecule has 0 amide bonds. The summed E-state index contributed by atoms with van der Waals surface area (Å²) in [5, 5.41) is 23.4. The van der Waals surface area contributed by atoms with E-state index in [2.05, 4.69) is 20.3 Å². The van der Waals surface area contributed by atoms with Crippen molar-refractivity contribution in [2.24, 2.45) is 0 Å². The fourth-order valence-electron chi connectivity index (χ4n) is 4.58. The molecule has 4 aromatic rings. The molecule has 1 atom stereocenters. The number of benzene rings is 2. The molecule has 36 heavy (non-hydrogen) atoms. The Kier molecular flexibility index (Phi) is 6.54. The highest BCUT2D eigenvalue weighted by molar-refractivity contribution is 5.54. The molecule has 2 aromatic heterocycles. The summed E-state index contributed by atoms with van der Waals surface area (Å²) in [6.45, 7) is 0.964. The molecule has 12 heteroatoms. The van der Waals surface area contributed by atoms with Crippen LogP contribution in [0.5, 0.6) is 0 Å². The van der Waals surface area contributed by atoms with Crippen LogP contribution in [0.3, 0.4) is 0 Å². The van der Waals surface area contributed by atoms with Gasteiger partial charge in [-0.1, -0.05) is 12.1 Å². The predicted molar refractivity (Wildman–Crippen MR) is 118 cm³/mol. The van der Waals surface area contributed by atoms with E-state index in [0.29, 0.717) is 25.9 Å². The molecule has 0 bridgehead atoms. The summed E-state index contributed by atoms with van der Waals surface area (Å²) >= 11 is 0. The first-order chi connectivity index (χ1) is 17.3. The SMILES string of the molecule is OC(CN1CCC(c2nnc(-c3c(F)cccc3F)o2)CC1)(Cn1cncn1)c1ccc(F)cc1F. The molecule has 5 rings (SSSR count). The first-order valence-electron chi connectivity index (χ1n) is 11.3. The van der Waals surface area contributed by atoms with Crippen LogP contribution in [0.15, 0.2) is 53.5 Å². The molecule has 0 aliphatic carbocycles. The molecule has 188 valence electrons. The van der Waals surface area contributed by atoms with Gasteiger partial charge < -0.3 is 14.4 Å². The molecular formula is C24H22F4N6O2. The summed E-state index contributed by atoms with van der Waals surface area (Å²) in [6.07, 6.45) is 3.84. The van der Waals surface area contributed by atoms with Gasteiger partial charge in [0.1, 0.15) is 47.1 Å². The molecule has 2 aromatic carbocycles. The number of rotatable bonds is 7. The lowest BCUT2D eigenvalue weighted by molar-refractivity contribution is -0.0270. The molecule has 1 aliphatic rings. The molecular weight excluding hydrogens is 480 g/mol. The highest BCUT2D eigenvalue weighted by atomic mass is 19.1. The Hall–Kier alpha value is -3.64. The zero-order chi connectivity index (χ0) is 25.3. The van der Waals surface area contributed by atoms with Crippen LogP contribution in [0.1, 0.15) is 30.2 Å². The lowest BCUT2D eigenvalue weighted by Gasteiger charge is -2.37. The van der Waals surface area contributed by atoms with Gasteiger partial charge in [-0.3, -0.25) is 0 Å². The maximum absolute atomic E-state index is 14.7. The number of β-amino-alcohol motifs (C(OH)–C–C–N with tert-alkyl or cyclic N) is 1. The second-order valence-corrected chi connectivity index (χ2v) is 8.84. The van der Waals surface area contributed by atoms with E-state index in [0.717, 1.165) is 24.3 Å². The molecule has 3 heterocycles. The normalized spacial score (nSPS) is 16.8. The highest BCUT2D eigenvalue weighted by Crippen LogP contribution is 2.33. The van der Waals surface area contributed by atoms with Crippen molar-refractivity contribution in [1.29, 1.82) is 0 Å². The molecule has 1 fully saturated rings. The number of hydrogen-bond acceptors (Lipinski definition) is 7. The molecule has 8 nitrogen and oxygen atoms in total. The van der Waals surface area contributed by atoms with Gasteiger partial charge in [-0.25, -0.2) is 27.2 Å². The Morgan fingerprint density at radius 1 is 0.972 bits per heavy atom. The maximum Gasteiger partial charge on any atom is 0.253 e. The van der Waals surface area contributed by atoms with Crippen LogP contribution in [0.25, 0.3) is 11.5 Å². The lowest BCUT2D eigenvalue weighted by atomic mass is 9.90. The molecule has 0 radical (unpaired) electrons. The van der Waals surface area contributed by atoms with E-state index in [1.165, 1.54) is 29.5 Å². The average Bonchev–Trinajstić information content (AvgIpc) is 3.52. The standard InChI is InChI=1S/C24H22F4N6O2/c25-16-4-5-17(20(28)10-16)24(35,12-34-14-29-13-30-34)11-33-8-6-15(7-9-33)22-31-32-23(36-22)21-18(26)2-1-3-19(21)27/h1-5,10,13-15,35H,6-9,11-12H2. The molecule has 0 saturated carbocycles. The van der Waals surface area contributed by atoms with Crippen molar-refractivity contribution in [3.8, 4) is 11.5 Å². The van der Waals surface area contributed by atoms with Gasteiger partial charge in [0.25, 0.3) is 5.89 Å². The van der Waals surface area contributed by atoms with Gasteiger partial charge >= 0.3 is 0 Å². The van der Waals surface area contributed by atoms with Crippen LogP contribution < -0.4 is 0 Å². The first-order valence-corrected chi connectivity index (χ1v) is 11.3. The summed E-state index contributed by atoms with van der Waals surface area (Å²) in [5.41, 5.74) is -2.12. The number of aliphatic hydroxyl groups is 1. The van der Waals surface area contributed by atoms with Gasteiger partial charge in [-0.05, 0) is 44.1 Å². The molecule has 1 unspecified atom stereocenters. The second-order valence-electron chi connectivity index (χ2n) is 8.84. The first kappa shape index (κ1) is 24.1. The Balaban J connectivity index is 1.30. The largest absolute Gasteiger partial charge is 0.420 e. The number of halogens is 4. The van der Waals surface area contributed by atoms with Gasteiger partial charge in [0, 0.05) is 24.1 Å². The van der Waals surface area contributed by atoms with Crippen LogP contribution in [-0.4, -0.2) is 54.6 Å². The van der Waals surface area contributed by atoms with E-state index in [1.807, 2.05) is 4.90 Å². The summed E-state index contributed by atoms with van der Waals surface area (Å²) in [4.78, 5) is 5.81. The zero-order valence-corrected chi connectivity index (χ0v) is 19.0. The summed E-state index contributed by atoms with van der Waals surface area (Å²) < 4.78 is 63.3. The average molecular weight is 502 g/mol. The Morgan fingerprint density at radius 2 is 1.72 bits per heavy atom. The van der Waals surface area contributed by atoms with E-state index in [-0.39, 0.29) is 41.9 Å². The van der Waals surface area contributed by atoms with E-state index < -0.39 is 28.9 Å². The summed E-state index contributed by atoms with van der Waals surface area (Å²) in [7, 11) is 0. The molecule has 1 aliphatic heterocycles. The minimum absolute atomic E-state index is 0.0463. The van der Waals surface area contributed by atoms with Gasteiger partial charge in [0.05, 0.1) is 6.54 Å². The number of hydrogen-bond donors (Lipinski definition) is 1. The van der Waals surface area contributed by atoms with Crippen molar-refractivity contribution >= 4 is 0 Å². The minimum atomic E-state index is -1.71. The predicted octanol–water partition coefficient (Wildman–Crippen LogP) is 3.65. The Bertz CT molecular complexity index is 1320. The quantitative estimate of drug-likeness (QED) is 0.386. The fourth-order valence-corrected chi connectivity index (χ4v) is 4.58. The van der Waals surface area contributed by atoms with Gasteiger partial charge in [-0.15, -0.1) is 10.2 Å². The third-order valence-electron chi connectivity index (χ3n) is 6.36. The minimum Gasteiger partial charge on any atom is -0.420 e. The van der Waals surface area contributed by atoms with Crippen LogP contribution in [0.2, 0.25) is 0 Å². The van der Waals surface area contributed by atoms with Crippen LogP contribution >= 0.6 is 0 Å². The van der Waals surface area contributed by atoms with Gasteiger partial charge in [0.2, 0.25) is 5.89 Å². The van der Waals surface area contributed by atoms with Crippen molar-refractivity contribution in [3.63, 3.8) is 0 Å². The van der Waals surface area contributed by atoms with Crippen molar-refractivity contribution in [3.05, 3.63) is 83.8 Å². The third kappa shape index (κ3) is 4.86. The van der Waals surface area contributed by atoms with Crippen LogP contribution in [0.4, 0.5) is 17.6 Å². The van der Waals surface area contributed by atoms with E-state index in [4.69, 9.17) is 4.42 Å². The van der Waals surface area contributed by atoms with E-state index in [1.54, 1.807) is 0 Å². The van der Waals surface area contributed by atoms with Crippen LogP contribution in [-0.2, 0) is 12.1 Å². The number of likely N-dealkylation sites (tertiary alicyclic amines) is 1.